The van der Waals surface area contributed by atoms with Crippen LogP contribution < -0.4 is 0 Å². The lowest BCUT2D eigenvalue weighted by molar-refractivity contribution is -0.167. The lowest BCUT2D eigenvalue weighted by atomic mass is 10.0. The predicted molar refractivity (Wildman–Crippen MR) is 357 cm³/mol. The van der Waals surface area contributed by atoms with Crippen LogP contribution in [-0.4, -0.2) is 37.2 Å². The van der Waals surface area contributed by atoms with E-state index in [9.17, 15) is 14.4 Å². The number of esters is 3. The third kappa shape index (κ3) is 66.9. The number of rotatable bonds is 63. The molecule has 0 rings (SSSR count). The van der Waals surface area contributed by atoms with Crippen LogP contribution in [0.2, 0.25) is 0 Å². The average Bonchev–Trinajstić information content (AvgIpc) is 3.47. The number of hydrogen-bond donors (Lipinski definition) is 0. The van der Waals surface area contributed by atoms with Crippen molar-refractivity contribution in [1.29, 1.82) is 0 Å². The van der Waals surface area contributed by atoms with Gasteiger partial charge in [0.1, 0.15) is 13.2 Å². The van der Waals surface area contributed by atoms with Crippen LogP contribution in [0, 0.1) is 0 Å². The lowest BCUT2D eigenvalue weighted by Gasteiger charge is -2.18. The molecule has 0 saturated heterocycles. The summed E-state index contributed by atoms with van der Waals surface area (Å²) in [5.41, 5.74) is 0. The molecule has 82 heavy (non-hydrogen) atoms. The Morgan fingerprint density at radius 2 is 0.476 bits per heavy atom. The van der Waals surface area contributed by atoms with Gasteiger partial charge in [-0.15, -0.1) is 0 Å². The minimum Gasteiger partial charge on any atom is -0.462 e. The molecule has 0 N–H and O–H groups in total. The molecule has 0 amide bonds. The number of hydrogen-bond acceptors (Lipinski definition) is 6. The summed E-state index contributed by atoms with van der Waals surface area (Å²) in [7, 11) is 0. The molecule has 0 aliphatic rings. The van der Waals surface area contributed by atoms with Crippen LogP contribution in [0.3, 0.4) is 0 Å². The Bertz CT molecular complexity index is 1640. The maximum absolute atomic E-state index is 12.9. The molecule has 0 aromatic carbocycles. The summed E-state index contributed by atoms with van der Waals surface area (Å²) < 4.78 is 17.0. The van der Waals surface area contributed by atoms with Crippen LogP contribution in [0.4, 0.5) is 0 Å². The summed E-state index contributed by atoms with van der Waals surface area (Å²) in [6.45, 7) is 6.50. The summed E-state index contributed by atoms with van der Waals surface area (Å²) in [4.78, 5) is 38.4. The van der Waals surface area contributed by atoms with E-state index < -0.39 is 6.10 Å². The van der Waals surface area contributed by atoms with Gasteiger partial charge in [0, 0.05) is 19.3 Å². The third-order valence-corrected chi connectivity index (χ3v) is 15.0. The molecule has 6 nitrogen and oxygen atoms in total. The number of ether oxygens (including phenoxy) is 3. The smallest absolute Gasteiger partial charge is 0.306 e. The first-order valence-electron chi connectivity index (χ1n) is 34.9. The van der Waals surface area contributed by atoms with E-state index in [4.69, 9.17) is 14.2 Å². The van der Waals surface area contributed by atoms with Gasteiger partial charge in [-0.3, -0.25) is 14.4 Å². The van der Waals surface area contributed by atoms with Crippen molar-refractivity contribution < 1.29 is 28.6 Å². The van der Waals surface area contributed by atoms with Crippen molar-refractivity contribution in [3.05, 3.63) is 109 Å². The molecule has 6 heteroatoms. The highest BCUT2D eigenvalue weighted by Crippen LogP contribution is 2.16. The molecule has 0 fully saturated rings. The second-order valence-corrected chi connectivity index (χ2v) is 23.1. The highest BCUT2D eigenvalue weighted by Gasteiger charge is 2.19. The minimum absolute atomic E-state index is 0.0892. The van der Waals surface area contributed by atoms with Crippen LogP contribution in [0.1, 0.15) is 335 Å². The first-order valence-corrected chi connectivity index (χ1v) is 34.9. The monoisotopic (exact) mass is 1140 g/mol. The quantitative estimate of drug-likeness (QED) is 0.0261. The Kier molecular flexibility index (Phi) is 66.2. The van der Waals surface area contributed by atoms with Crippen molar-refractivity contribution in [3.63, 3.8) is 0 Å². The topological polar surface area (TPSA) is 78.9 Å². The van der Waals surface area contributed by atoms with Crippen molar-refractivity contribution in [2.45, 2.75) is 341 Å². The van der Waals surface area contributed by atoms with Crippen LogP contribution in [0.15, 0.2) is 109 Å². The zero-order valence-corrected chi connectivity index (χ0v) is 54.0. The maximum Gasteiger partial charge on any atom is 0.306 e. The highest BCUT2D eigenvalue weighted by atomic mass is 16.6. The Morgan fingerprint density at radius 3 is 0.756 bits per heavy atom. The Balaban J connectivity index is 4.33. The summed E-state index contributed by atoms with van der Waals surface area (Å²) in [5.74, 6) is -0.911. The molecule has 0 aliphatic heterocycles. The Morgan fingerprint density at radius 1 is 0.256 bits per heavy atom. The zero-order chi connectivity index (χ0) is 59.2. The molecular weight excluding hydrogens is 1010 g/mol. The first kappa shape index (κ1) is 78.1. The average molecular weight is 1140 g/mol. The van der Waals surface area contributed by atoms with Gasteiger partial charge in [0.2, 0.25) is 0 Å². The maximum atomic E-state index is 12.9. The Labute approximate surface area is 508 Å². The van der Waals surface area contributed by atoms with Gasteiger partial charge in [0.15, 0.2) is 6.10 Å². The third-order valence-electron chi connectivity index (χ3n) is 15.0. The van der Waals surface area contributed by atoms with Gasteiger partial charge in [0.25, 0.3) is 0 Å². The van der Waals surface area contributed by atoms with Crippen molar-refractivity contribution in [3.8, 4) is 0 Å². The van der Waals surface area contributed by atoms with Crippen molar-refractivity contribution >= 4 is 17.9 Å². The molecule has 0 saturated carbocycles. The normalized spacial score (nSPS) is 12.8. The fourth-order valence-electron chi connectivity index (χ4n) is 9.77. The van der Waals surface area contributed by atoms with E-state index in [1.54, 1.807) is 0 Å². The van der Waals surface area contributed by atoms with Crippen LogP contribution >= 0.6 is 0 Å². The van der Waals surface area contributed by atoms with Crippen LogP contribution in [0.5, 0.6) is 0 Å². The number of carbonyl (C=O) groups is 3. The summed E-state index contributed by atoms with van der Waals surface area (Å²) in [6, 6.07) is 0. The zero-order valence-electron chi connectivity index (χ0n) is 54.0. The largest absolute Gasteiger partial charge is 0.462 e. The molecule has 0 aromatic heterocycles. The van der Waals surface area contributed by atoms with Gasteiger partial charge < -0.3 is 14.2 Å². The standard InChI is InChI=1S/C76H130O6/c1-4-7-10-13-16-19-22-25-28-31-33-34-35-36-37-38-39-40-41-42-43-46-48-51-54-57-60-63-66-69-75(78)81-72-73(71-80-74(77)68-65-62-59-56-53-50-47-44-30-27-24-21-18-15-12-9-6-3)82-76(79)70-67-64-61-58-55-52-49-45-32-29-26-23-20-17-14-11-8-5-2/h9,12,18,20-23,25,27,29-33,35-36,47,50,73H,4-8,10-11,13-17,19,24,26,28,34,37-46,48-49,51-72H2,1-3H3/b12-9-,21-18-,23-20-,25-22-,30-27-,32-29-,33-31-,36-35-,50-47-. The van der Waals surface area contributed by atoms with Gasteiger partial charge in [0.05, 0.1) is 0 Å². The summed E-state index contributed by atoms with van der Waals surface area (Å²) in [5, 5.41) is 0. The van der Waals surface area contributed by atoms with Crippen molar-refractivity contribution in [2.75, 3.05) is 13.2 Å². The molecule has 470 valence electrons. The molecule has 0 aliphatic carbocycles. The molecular formula is C76H130O6. The molecule has 0 heterocycles. The van der Waals surface area contributed by atoms with Gasteiger partial charge in [-0.05, 0) is 128 Å². The molecule has 0 spiro atoms. The van der Waals surface area contributed by atoms with E-state index in [2.05, 4.69) is 130 Å². The Hall–Kier alpha value is -3.93. The minimum atomic E-state index is -0.796. The van der Waals surface area contributed by atoms with Crippen molar-refractivity contribution in [1.82, 2.24) is 0 Å². The predicted octanol–water partition coefficient (Wildman–Crippen LogP) is 24.2. The van der Waals surface area contributed by atoms with Gasteiger partial charge >= 0.3 is 17.9 Å². The van der Waals surface area contributed by atoms with E-state index in [1.807, 2.05) is 0 Å². The fraction of sp³-hybridized carbons (Fsp3) is 0.724. The van der Waals surface area contributed by atoms with Gasteiger partial charge in [-0.2, -0.15) is 0 Å². The van der Waals surface area contributed by atoms with Crippen LogP contribution in [0.25, 0.3) is 0 Å². The summed E-state index contributed by atoms with van der Waals surface area (Å²) >= 11 is 0. The summed E-state index contributed by atoms with van der Waals surface area (Å²) in [6.07, 6.45) is 95.4. The van der Waals surface area contributed by atoms with E-state index in [0.29, 0.717) is 19.3 Å². The molecule has 1 unspecified atom stereocenters. The molecule has 0 bridgehead atoms. The van der Waals surface area contributed by atoms with Gasteiger partial charge in [-0.25, -0.2) is 0 Å². The number of allylic oxidation sites excluding steroid dienone is 18. The van der Waals surface area contributed by atoms with Crippen molar-refractivity contribution in [2.24, 2.45) is 0 Å². The van der Waals surface area contributed by atoms with E-state index in [1.165, 1.54) is 173 Å². The second kappa shape index (κ2) is 69.6. The van der Waals surface area contributed by atoms with Crippen LogP contribution in [-0.2, 0) is 28.6 Å². The first-order chi connectivity index (χ1) is 40.5. The number of carbonyl (C=O) groups excluding carboxylic acids is 3. The second-order valence-electron chi connectivity index (χ2n) is 23.1. The molecule has 0 aromatic rings. The lowest BCUT2D eigenvalue weighted by Crippen LogP contribution is -2.30. The van der Waals surface area contributed by atoms with E-state index in [-0.39, 0.29) is 31.1 Å². The molecule has 0 radical (unpaired) electrons. The molecule has 1 atom stereocenters. The number of unbranched alkanes of at least 4 members (excludes halogenated alkanes) is 34. The fourth-order valence-corrected chi connectivity index (χ4v) is 9.77. The van der Waals surface area contributed by atoms with E-state index >= 15 is 0 Å². The SMILES string of the molecule is CC/C=C\C/C=C\C/C=C\C/C=C\CCCCCCC(=O)OCC(COC(=O)CCCCCCCCCCCCCCCC/C=C\C/C=C\C/C=C\CCCCCCC)OC(=O)CCCCCCCCC/C=C\C/C=C\CCCCCC. The van der Waals surface area contributed by atoms with E-state index in [0.717, 1.165) is 122 Å². The van der Waals surface area contributed by atoms with Gasteiger partial charge in [-0.1, -0.05) is 297 Å². The highest BCUT2D eigenvalue weighted by molar-refractivity contribution is 5.71.